The third-order valence-electron chi connectivity index (χ3n) is 3.40. The van der Waals surface area contributed by atoms with E-state index in [2.05, 4.69) is 42.1 Å². The Kier molecular flexibility index (Phi) is 2.67. The molecule has 0 aliphatic heterocycles. The number of nitrogens with zero attached hydrogens (tertiary/aromatic N) is 3. The van der Waals surface area contributed by atoms with Gasteiger partial charge in [-0.1, -0.05) is 17.7 Å². The maximum Gasteiger partial charge on any atom is 0.154 e. The van der Waals surface area contributed by atoms with Gasteiger partial charge in [-0.25, -0.2) is 9.67 Å². The van der Waals surface area contributed by atoms with E-state index in [-0.39, 0.29) is 0 Å². The van der Waals surface area contributed by atoms with Gasteiger partial charge >= 0.3 is 0 Å². The van der Waals surface area contributed by atoms with Crippen LogP contribution in [0.4, 0.5) is 0 Å². The quantitative estimate of drug-likeness (QED) is 0.897. The number of aromatic nitrogens is 3. The third kappa shape index (κ3) is 1.93. The lowest BCUT2D eigenvalue weighted by molar-refractivity contribution is 0.776. The normalized spacial score (nSPS) is 15.1. The zero-order chi connectivity index (χ0) is 12.7. The first kappa shape index (κ1) is 11.4. The molecule has 1 aromatic carbocycles. The van der Waals surface area contributed by atoms with Crippen LogP contribution in [0.3, 0.4) is 0 Å². The predicted molar refractivity (Wildman–Crippen MR) is 70.7 cm³/mol. The summed E-state index contributed by atoms with van der Waals surface area (Å²) in [6, 6.07) is 6.35. The third-order valence-corrected chi connectivity index (χ3v) is 3.40. The van der Waals surface area contributed by atoms with Crippen molar-refractivity contribution in [3.8, 4) is 5.69 Å². The summed E-state index contributed by atoms with van der Waals surface area (Å²) in [6.45, 7) is 4.62. The predicted octanol–water partition coefficient (Wildman–Crippen LogP) is 2.22. The van der Waals surface area contributed by atoms with Gasteiger partial charge in [0.15, 0.2) is 5.82 Å². The summed E-state index contributed by atoms with van der Waals surface area (Å²) in [5.74, 6) is 2.36. The highest BCUT2D eigenvalue weighted by Gasteiger charge is 2.29. The van der Waals surface area contributed by atoms with Gasteiger partial charge in [-0.05, 0) is 38.3 Å². The second-order valence-electron chi connectivity index (χ2n) is 5.07. The standard InChI is InChI=1S/C14H18N4/c1-9-3-6-12(10(2)7-9)18-13(8-15)16-14(17-18)11-4-5-11/h3,6-7,11H,4-5,8,15H2,1-2H3. The fourth-order valence-corrected chi connectivity index (χ4v) is 2.24. The molecule has 1 aromatic heterocycles. The molecule has 0 spiro atoms. The summed E-state index contributed by atoms with van der Waals surface area (Å²) in [6.07, 6.45) is 2.42. The van der Waals surface area contributed by atoms with Gasteiger partial charge in [-0.15, -0.1) is 0 Å². The minimum absolute atomic E-state index is 0.424. The number of benzene rings is 1. The molecular formula is C14H18N4. The summed E-state index contributed by atoms with van der Waals surface area (Å²) in [4.78, 5) is 4.56. The lowest BCUT2D eigenvalue weighted by Gasteiger charge is -2.08. The number of nitrogens with two attached hydrogens (primary N) is 1. The Morgan fingerprint density at radius 3 is 2.72 bits per heavy atom. The zero-order valence-corrected chi connectivity index (χ0v) is 10.8. The number of aryl methyl sites for hydroxylation is 2. The van der Waals surface area contributed by atoms with E-state index < -0.39 is 0 Å². The summed E-state index contributed by atoms with van der Waals surface area (Å²) in [5.41, 5.74) is 9.33. The van der Waals surface area contributed by atoms with Crippen LogP contribution in [0, 0.1) is 13.8 Å². The van der Waals surface area contributed by atoms with Crippen molar-refractivity contribution in [3.05, 3.63) is 41.0 Å². The van der Waals surface area contributed by atoms with Crippen molar-refractivity contribution in [2.75, 3.05) is 0 Å². The summed E-state index contributed by atoms with van der Waals surface area (Å²) >= 11 is 0. The lowest BCUT2D eigenvalue weighted by atomic mass is 10.1. The smallest absolute Gasteiger partial charge is 0.154 e. The van der Waals surface area contributed by atoms with Gasteiger partial charge in [0.05, 0.1) is 12.2 Å². The molecule has 2 aromatic rings. The largest absolute Gasteiger partial charge is 0.324 e. The molecule has 0 unspecified atom stereocenters. The van der Waals surface area contributed by atoms with Gasteiger partial charge in [0.1, 0.15) is 5.82 Å². The van der Waals surface area contributed by atoms with Crippen molar-refractivity contribution >= 4 is 0 Å². The Bertz CT molecular complexity index is 581. The van der Waals surface area contributed by atoms with Crippen LogP contribution in [0.25, 0.3) is 5.69 Å². The highest BCUT2D eigenvalue weighted by Crippen LogP contribution is 2.38. The monoisotopic (exact) mass is 242 g/mol. The Labute approximate surface area is 107 Å². The van der Waals surface area contributed by atoms with E-state index in [1.165, 1.54) is 24.0 Å². The first-order chi connectivity index (χ1) is 8.69. The molecule has 18 heavy (non-hydrogen) atoms. The molecule has 1 saturated carbocycles. The van der Waals surface area contributed by atoms with Crippen LogP contribution >= 0.6 is 0 Å². The molecular weight excluding hydrogens is 224 g/mol. The fourth-order valence-electron chi connectivity index (χ4n) is 2.24. The van der Waals surface area contributed by atoms with Crippen LogP contribution in [-0.2, 0) is 6.54 Å². The SMILES string of the molecule is Cc1ccc(-n2nc(C3CC3)nc2CN)c(C)c1. The summed E-state index contributed by atoms with van der Waals surface area (Å²) in [7, 11) is 0. The van der Waals surface area contributed by atoms with Gasteiger partial charge in [-0.2, -0.15) is 5.10 Å². The zero-order valence-electron chi connectivity index (χ0n) is 10.8. The molecule has 3 rings (SSSR count). The summed E-state index contributed by atoms with van der Waals surface area (Å²) < 4.78 is 1.91. The van der Waals surface area contributed by atoms with E-state index in [1.807, 2.05) is 4.68 Å². The van der Waals surface area contributed by atoms with E-state index in [1.54, 1.807) is 0 Å². The molecule has 1 heterocycles. The molecule has 0 saturated heterocycles. The molecule has 1 fully saturated rings. The minimum Gasteiger partial charge on any atom is -0.324 e. The van der Waals surface area contributed by atoms with Crippen molar-refractivity contribution < 1.29 is 0 Å². The van der Waals surface area contributed by atoms with E-state index in [0.29, 0.717) is 12.5 Å². The Balaban J connectivity index is 2.09. The van der Waals surface area contributed by atoms with E-state index >= 15 is 0 Å². The molecule has 0 atom stereocenters. The highest BCUT2D eigenvalue weighted by atomic mass is 15.4. The van der Waals surface area contributed by atoms with Crippen molar-refractivity contribution in [2.24, 2.45) is 5.73 Å². The number of rotatable bonds is 3. The molecule has 94 valence electrons. The van der Waals surface area contributed by atoms with Crippen LogP contribution in [0.1, 0.15) is 41.5 Å². The maximum atomic E-state index is 5.78. The van der Waals surface area contributed by atoms with Crippen molar-refractivity contribution in [2.45, 2.75) is 39.2 Å². The van der Waals surface area contributed by atoms with Crippen LogP contribution in [0.15, 0.2) is 18.2 Å². The molecule has 4 heteroatoms. The number of hydrogen-bond donors (Lipinski definition) is 1. The van der Waals surface area contributed by atoms with Crippen LogP contribution < -0.4 is 5.73 Å². The van der Waals surface area contributed by atoms with Gasteiger partial charge in [-0.3, -0.25) is 0 Å². The van der Waals surface area contributed by atoms with Crippen molar-refractivity contribution in [1.29, 1.82) is 0 Å². The van der Waals surface area contributed by atoms with E-state index in [4.69, 9.17) is 5.73 Å². The summed E-state index contributed by atoms with van der Waals surface area (Å²) in [5, 5.41) is 4.63. The molecule has 1 aliphatic rings. The van der Waals surface area contributed by atoms with Gasteiger partial charge in [0, 0.05) is 5.92 Å². The molecule has 0 radical (unpaired) electrons. The first-order valence-electron chi connectivity index (χ1n) is 6.42. The lowest BCUT2D eigenvalue weighted by Crippen LogP contribution is -2.09. The second kappa shape index (κ2) is 4.21. The molecule has 4 nitrogen and oxygen atoms in total. The Morgan fingerprint density at radius 2 is 2.11 bits per heavy atom. The maximum absolute atomic E-state index is 5.78. The van der Waals surface area contributed by atoms with Crippen LogP contribution in [0.5, 0.6) is 0 Å². The van der Waals surface area contributed by atoms with Gasteiger partial charge in [0.25, 0.3) is 0 Å². The molecule has 1 aliphatic carbocycles. The topological polar surface area (TPSA) is 56.7 Å². The van der Waals surface area contributed by atoms with Crippen molar-refractivity contribution in [3.63, 3.8) is 0 Å². The minimum atomic E-state index is 0.424. The van der Waals surface area contributed by atoms with Crippen molar-refractivity contribution in [1.82, 2.24) is 14.8 Å². The van der Waals surface area contributed by atoms with E-state index in [0.717, 1.165) is 17.3 Å². The number of hydrogen-bond acceptors (Lipinski definition) is 3. The Morgan fingerprint density at radius 1 is 1.33 bits per heavy atom. The molecule has 0 amide bonds. The van der Waals surface area contributed by atoms with Gasteiger partial charge in [0.2, 0.25) is 0 Å². The fraction of sp³-hybridized carbons (Fsp3) is 0.429. The van der Waals surface area contributed by atoms with E-state index in [9.17, 15) is 0 Å². The van der Waals surface area contributed by atoms with Gasteiger partial charge < -0.3 is 5.73 Å². The average molecular weight is 242 g/mol. The average Bonchev–Trinajstić information content (AvgIpc) is 3.10. The molecule has 0 bridgehead atoms. The highest BCUT2D eigenvalue weighted by molar-refractivity contribution is 5.42. The Hall–Kier alpha value is -1.68. The second-order valence-corrected chi connectivity index (χ2v) is 5.07. The van der Waals surface area contributed by atoms with Crippen LogP contribution in [0.2, 0.25) is 0 Å². The first-order valence-corrected chi connectivity index (χ1v) is 6.42. The van der Waals surface area contributed by atoms with Crippen LogP contribution in [-0.4, -0.2) is 14.8 Å². The molecule has 2 N–H and O–H groups in total.